The maximum Gasteiger partial charge on any atom is 0.338 e. The van der Waals surface area contributed by atoms with Crippen molar-refractivity contribution in [2.45, 2.75) is 25.4 Å². The van der Waals surface area contributed by atoms with Gasteiger partial charge in [0.05, 0.1) is 24.3 Å². The van der Waals surface area contributed by atoms with E-state index < -0.39 is 6.04 Å². The average molecular weight is 701 g/mol. The summed E-state index contributed by atoms with van der Waals surface area (Å²) in [6.45, 7) is 2.08. The van der Waals surface area contributed by atoms with Gasteiger partial charge >= 0.3 is 5.97 Å². The molecule has 0 spiro atoms. The summed E-state index contributed by atoms with van der Waals surface area (Å²) in [5, 5.41) is 4.86. The molecule has 0 amide bonds. The van der Waals surface area contributed by atoms with Crippen molar-refractivity contribution >= 4 is 72.4 Å². The second-order valence-corrected chi connectivity index (χ2v) is 12.1. The second kappa shape index (κ2) is 12.8. The standard InChI is InChI=1S/C32H26Br2Cl2N2O2/c1-2-40-32(39)30-28(37-26-7-3-5-22(33)17-26)19-29(20-9-13-24(35)14-10-20)38(27-8-4-6-23(34)18-27)31(30)21-11-15-25(36)16-12-21/h3-18,29,31,37H,2,19H2,1H3. The predicted octanol–water partition coefficient (Wildman–Crippen LogP) is 10.1. The Morgan fingerprint density at radius 2 is 1.48 bits per heavy atom. The van der Waals surface area contributed by atoms with Crippen molar-refractivity contribution in [2.24, 2.45) is 0 Å². The van der Waals surface area contributed by atoms with Crippen LogP contribution in [0.5, 0.6) is 0 Å². The third kappa shape index (κ3) is 6.41. The van der Waals surface area contributed by atoms with E-state index in [1.165, 1.54) is 0 Å². The molecule has 5 rings (SSSR count). The van der Waals surface area contributed by atoms with Crippen LogP contribution in [0.4, 0.5) is 11.4 Å². The minimum atomic E-state index is -0.477. The van der Waals surface area contributed by atoms with Crippen LogP contribution in [0.25, 0.3) is 0 Å². The van der Waals surface area contributed by atoms with Gasteiger partial charge in [-0.2, -0.15) is 0 Å². The lowest BCUT2D eigenvalue weighted by molar-refractivity contribution is -0.139. The highest BCUT2D eigenvalue weighted by Gasteiger charge is 2.42. The van der Waals surface area contributed by atoms with Crippen LogP contribution >= 0.6 is 55.1 Å². The molecule has 0 fully saturated rings. The van der Waals surface area contributed by atoms with E-state index in [1.807, 2.05) is 91.9 Å². The maximum atomic E-state index is 13.8. The van der Waals surface area contributed by atoms with Crippen LogP contribution < -0.4 is 10.2 Å². The molecule has 8 heteroatoms. The third-order valence-electron chi connectivity index (χ3n) is 6.77. The first-order valence-electron chi connectivity index (χ1n) is 12.8. The maximum absolute atomic E-state index is 13.8. The summed E-state index contributed by atoms with van der Waals surface area (Å²) in [5.74, 6) is -0.366. The van der Waals surface area contributed by atoms with E-state index in [-0.39, 0.29) is 18.6 Å². The van der Waals surface area contributed by atoms with Crippen molar-refractivity contribution in [1.82, 2.24) is 0 Å². The number of hydrogen-bond acceptors (Lipinski definition) is 4. The fraction of sp³-hybridized carbons (Fsp3) is 0.156. The van der Waals surface area contributed by atoms with Crippen LogP contribution in [0.1, 0.15) is 36.6 Å². The summed E-state index contributed by atoms with van der Waals surface area (Å²) < 4.78 is 7.56. The molecule has 0 aliphatic carbocycles. The lowest BCUT2D eigenvalue weighted by atomic mass is 9.84. The number of benzene rings is 4. The van der Waals surface area contributed by atoms with Gasteiger partial charge in [-0.1, -0.05) is 91.5 Å². The van der Waals surface area contributed by atoms with Crippen molar-refractivity contribution in [3.8, 4) is 0 Å². The first kappa shape index (κ1) is 28.7. The predicted molar refractivity (Wildman–Crippen MR) is 171 cm³/mol. The molecule has 1 N–H and O–H groups in total. The molecule has 1 aliphatic heterocycles. The van der Waals surface area contributed by atoms with E-state index in [1.54, 1.807) is 0 Å². The Kier molecular flexibility index (Phi) is 9.21. The Balaban J connectivity index is 1.79. The topological polar surface area (TPSA) is 41.6 Å². The highest BCUT2D eigenvalue weighted by Crippen LogP contribution is 2.48. The molecule has 0 radical (unpaired) electrons. The molecular weight excluding hydrogens is 675 g/mol. The summed E-state index contributed by atoms with van der Waals surface area (Å²) in [7, 11) is 0. The van der Waals surface area contributed by atoms with Crippen molar-refractivity contribution in [3.63, 3.8) is 0 Å². The zero-order chi connectivity index (χ0) is 28.2. The zero-order valence-corrected chi connectivity index (χ0v) is 26.3. The highest BCUT2D eigenvalue weighted by atomic mass is 79.9. The second-order valence-electron chi connectivity index (χ2n) is 9.36. The van der Waals surface area contributed by atoms with Crippen molar-refractivity contribution in [1.29, 1.82) is 0 Å². The first-order valence-corrected chi connectivity index (χ1v) is 15.2. The van der Waals surface area contributed by atoms with E-state index in [0.717, 1.165) is 37.1 Å². The van der Waals surface area contributed by atoms with Gasteiger partial charge in [0.25, 0.3) is 0 Å². The van der Waals surface area contributed by atoms with Crippen LogP contribution in [-0.2, 0) is 9.53 Å². The molecule has 0 aromatic heterocycles. The smallest absolute Gasteiger partial charge is 0.338 e. The number of nitrogens with one attached hydrogen (secondary N) is 1. The summed E-state index contributed by atoms with van der Waals surface area (Å²) in [4.78, 5) is 16.1. The molecule has 1 heterocycles. The quantitative estimate of drug-likeness (QED) is 0.195. The molecule has 204 valence electrons. The molecular formula is C32H26Br2Cl2N2O2. The Hall–Kier alpha value is -2.77. The van der Waals surface area contributed by atoms with Gasteiger partial charge in [0.15, 0.2) is 0 Å². The van der Waals surface area contributed by atoms with Crippen molar-refractivity contribution in [3.05, 3.63) is 138 Å². The van der Waals surface area contributed by atoms with E-state index in [2.05, 4.69) is 54.2 Å². The molecule has 0 bridgehead atoms. The number of carbonyl (C=O) groups excluding carboxylic acids is 1. The van der Waals surface area contributed by atoms with E-state index in [0.29, 0.717) is 22.0 Å². The molecule has 2 atom stereocenters. The lowest BCUT2D eigenvalue weighted by Crippen LogP contribution is -2.41. The average Bonchev–Trinajstić information content (AvgIpc) is 2.93. The van der Waals surface area contributed by atoms with Crippen LogP contribution in [0.15, 0.2) is 117 Å². The Morgan fingerprint density at radius 1 is 0.875 bits per heavy atom. The molecule has 2 unspecified atom stereocenters. The lowest BCUT2D eigenvalue weighted by Gasteiger charge is -2.46. The van der Waals surface area contributed by atoms with Gasteiger partial charge in [-0.3, -0.25) is 0 Å². The van der Waals surface area contributed by atoms with Gasteiger partial charge < -0.3 is 15.0 Å². The van der Waals surface area contributed by atoms with Gasteiger partial charge in [-0.15, -0.1) is 0 Å². The van der Waals surface area contributed by atoms with E-state index in [9.17, 15) is 4.79 Å². The number of anilines is 2. The zero-order valence-electron chi connectivity index (χ0n) is 21.6. The third-order valence-corrected chi connectivity index (χ3v) is 8.26. The Bertz CT molecular complexity index is 1540. The summed E-state index contributed by atoms with van der Waals surface area (Å²) >= 11 is 19.8. The van der Waals surface area contributed by atoms with Crippen LogP contribution in [-0.4, -0.2) is 12.6 Å². The molecule has 1 aliphatic rings. The first-order chi connectivity index (χ1) is 19.3. The Labute approximate surface area is 261 Å². The van der Waals surface area contributed by atoms with Gasteiger partial charge in [0.1, 0.15) is 0 Å². The summed E-state index contributed by atoms with van der Waals surface area (Å²) in [5.41, 5.74) is 5.15. The summed E-state index contributed by atoms with van der Waals surface area (Å²) in [6, 6.07) is 30.9. The van der Waals surface area contributed by atoms with Gasteiger partial charge in [0, 0.05) is 42.5 Å². The number of carbonyl (C=O) groups is 1. The number of hydrogen-bond donors (Lipinski definition) is 1. The van der Waals surface area contributed by atoms with Crippen LogP contribution in [0, 0.1) is 0 Å². The number of esters is 1. The number of ether oxygens (including phenoxy) is 1. The largest absolute Gasteiger partial charge is 0.463 e. The van der Waals surface area contributed by atoms with E-state index >= 15 is 0 Å². The fourth-order valence-electron chi connectivity index (χ4n) is 5.09. The van der Waals surface area contributed by atoms with Crippen LogP contribution in [0.2, 0.25) is 10.0 Å². The SMILES string of the molecule is CCOC(=O)C1=C(Nc2cccc(Br)c2)CC(c2ccc(Cl)cc2)N(c2cccc(Br)c2)C1c1ccc(Cl)cc1. The van der Waals surface area contributed by atoms with E-state index in [4.69, 9.17) is 27.9 Å². The van der Waals surface area contributed by atoms with Crippen molar-refractivity contribution in [2.75, 3.05) is 16.8 Å². The normalized spacial score (nSPS) is 17.1. The number of rotatable bonds is 7. The molecule has 4 nitrogen and oxygen atoms in total. The number of nitrogens with zero attached hydrogens (tertiary/aromatic N) is 1. The van der Waals surface area contributed by atoms with Crippen molar-refractivity contribution < 1.29 is 9.53 Å². The Morgan fingerprint density at radius 3 is 2.08 bits per heavy atom. The molecule has 0 saturated heterocycles. The molecule has 0 saturated carbocycles. The fourth-order valence-corrected chi connectivity index (χ4v) is 6.13. The monoisotopic (exact) mass is 698 g/mol. The highest BCUT2D eigenvalue weighted by molar-refractivity contribution is 9.10. The van der Waals surface area contributed by atoms with Gasteiger partial charge in [-0.05, 0) is 78.7 Å². The minimum absolute atomic E-state index is 0.139. The molecule has 40 heavy (non-hydrogen) atoms. The minimum Gasteiger partial charge on any atom is -0.463 e. The summed E-state index contributed by atoms with van der Waals surface area (Å²) in [6.07, 6.45) is 0.527. The van der Waals surface area contributed by atoms with Gasteiger partial charge in [-0.25, -0.2) is 4.79 Å². The number of halogens is 4. The van der Waals surface area contributed by atoms with Crippen LogP contribution in [0.3, 0.4) is 0 Å². The van der Waals surface area contributed by atoms with Gasteiger partial charge in [0.2, 0.25) is 0 Å². The molecule has 4 aromatic carbocycles. The molecule has 4 aromatic rings.